The molecule has 3 N–H and O–H groups in total. The molecule has 5 rings (SSSR count). The highest BCUT2D eigenvalue weighted by molar-refractivity contribution is 5.95. The Hall–Kier alpha value is -2.39. The van der Waals surface area contributed by atoms with Crippen molar-refractivity contribution in [1.82, 2.24) is 20.4 Å². The Morgan fingerprint density at radius 2 is 1.94 bits per heavy atom. The van der Waals surface area contributed by atoms with E-state index in [0.717, 1.165) is 37.8 Å². The fourth-order valence-electron chi connectivity index (χ4n) is 6.38. The number of carbonyl (C=O) groups is 2. The third kappa shape index (κ3) is 4.66. The molecule has 4 aliphatic carbocycles. The summed E-state index contributed by atoms with van der Waals surface area (Å²) < 4.78 is 6.38. The fourth-order valence-corrected chi connectivity index (χ4v) is 6.38. The standard InChI is InChI=1S/C24H36N4O5/c1-14(2)20-18(13-25-28(20)7-6-23(3,4)27-22(30)32-5)21(29)26-19-16-8-15-9-17(19)12-24(10-15,11-16)33-31/h6-7,13-17,19,31H,8-12H2,1-5H3,(H,26,29)(H,27,30)/b7-6+. The lowest BCUT2D eigenvalue weighted by molar-refractivity contribution is -0.357. The van der Waals surface area contributed by atoms with E-state index in [1.807, 2.05) is 33.8 Å². The van der Waals surface area contributed by atoms with E-state index in [4.69, 9.17) is 4.89 Å². The van der Waals surface area contributed by atoms with Gasteiger partial charge in [-0.1, -0.05) is 13.8 Å². The number of nitrogens with zero attached hydrogens (tertiary/aromatic N) is 2. The highest BCUT2D eigenvalue weighted by Crippen LogP contribution is 2.57. The number of nitrogens with one attached hydrogen (secondary N) is 2. The zero-order chi connectivity index (χ0) is 24.0. The van der Waals surface area contributed by atoms with Crippen LogP contribution in [0.25, 0.3) is 6.20 Å². The number of alkyl carbamates (subject to hydrolysis) is 1. The Morgan fingerprint density at radius 1 is 1.27 bits per heavy atom. The first-order chi connectivity index (χ1) is 15.6. The second-order valence-electron chi connectivity index (χ2n) is 10.9. The number of aromatic nitrogens is 2. The molecule has 4 saturated carbocycles. The van der Waals surface area contributed by atoms with E-state index in [1.165, 1.54) is 7.11 Å². The van der Waals surface area contributed by atoms with Crippen LogP contribution in [0.4, 0.5) is 4.79 Å². The third-order valence-electron chi connectivity index (χ3n) is 7.58. The summed E-state index contributed by atoms with van der Waals surface area (Å²) in [5, 5.41) is 20.0. The van der Waals surface area contributed by atoms with Crippen molar-refractivity contribution < 1.29 is 24.5 Å². The van der Waals surface area contributed by atoms with Crippen molar-refractivity contribution in [3.8, 4) is 0 Å². The van der Waals surface area contributed by atoms with Crippen LogP contribution in [0.1, 0.15) is 81.8 Å². The molecule has 9 nitrogen and oxygen atoms in total. The van der Waals surface area contributed by atoms with Gasteiger partial charge in [-0.25, -0.2) is 14.4 Å². The van der Waals surface area contributed by atoms with Crippen molar-refractivity contribution in [2.24, 2.45) is 17.8 Å². The molecule has 2 unspecified atom stereocenters. The summed E-state index contributed by atoms with van der Waals surface area (Å²) in [4.78, 5) is 29.9. The molecule has 33 heavy (non-hydrogen) atoms. The zero-order valence-electron chi connectivity index (χ0n) is 20.1. The molecule has 1 heterocycles. The number of hydrogen-bond acceptors (Lipinski definition) is 6. The Labute approximate surface area is 194 Å². The molecule has 0 aromatic carbocycles. The van der Waals surface area contributed by atoms with Crippen LogP contribution in [0.15, 0.2) is 12.3 Å². The van der Waals surface area contributed by atoms with E-state index in [9.17, 15) is 14.8 Å². The first-order valence-corrected chi connectivity index (χ1v) is 11.8. The molecule has 0 radical (unpaired) electrons. The Morgan fingerprint density at radius 3 is 2.52 bits per heavy atom. The van der Waals surface area contributed by atoms with Crippen LogP contribution in [0.2, 0.25) is 0 Å². The van der Waals surface area contributed by atoms with E-state index in [-0.39, 0.29) is 17.9 Å². The lowest BCUT2D eigenvalue weighted by atomic mass is 9.52. The largest absolute Gasteiger partial charge is 0.453 e. The molecule has 0 aliphatic heterocycles. The maximum atomic E-state index is 13.4. The van der Waals surface area contributed by atoms with E-state index < -0.39 is 17.2 Å². The molecule has 4 bridgehead atoms. The van der Waals surface area contributed by atoms with Gasteiger partial charge in [0.1, 0.15) is 5.60 Å². The quantitative estimate of drug-likeness (QED) is 0.421. The molecule has 4 fully saturated rings. The van der Waals surface area contributed by atoms with Gasteiger partial charge in [0.05, 0.1) is 30.1 Å². The van der Waals surface area contributed by atoms with Crippen molar-refractivity contribution >= 4 is 18.2 Å². The lowest BCUT2D eigenvalue weighted by Crippen LogP contribution is -2.62. The van der Waals surface area contributed by atoms with E-state index in [0.29, 0.717) is 23.3 Å². The molecule has 2 amide bonds. The summed E-state index contributed by atoms with van der Waals surface area (Å²) in [6.45, 7) is 7.76. The molecule has 2 atom stereocenters. The van der Waals surface area contributed by atoms with Gasteiger partial charge in [-0.3, -0.25) is 10.1 Å². The van der Waals surface area contributed by atoms with Crippen molar-refractivity contribution in [1.29, 1.82) is 0 Å². The number of methoxy groups -OCH3 is 1. The Bertz CT molecular complexity index is 921. The van der Waals surface area contributed by atoms with E-state index in [2.05, 4.69) is 20.5 Å². The van der Waals surface area contributed by atoms with Gasteiger partial charge in [0, 0.05) is 12.2 Å². The average Bonchev–Trinajstić information content (AvgIpc) is 3.18. The van der Waals surface area contributed by atoms with Crippen molar-refractivity contribution in [2.75, 3.05) is 7.11 Å². The summed E-state index contributed by atoms with van der Waals surface area (Å²) in [6, 6.07) is 0.0967. The van der Waals surface area contributed by atoms with Crippen LogP contribution in [0.5, 0.6) is 0 Å². The third-order valence-corrected chi connectivity index (χ3v) is 7.58. The van der Waals surface area contributed by atoms with Crippen LogP contribution >= 0.6 is 0 Å². The number of carbonyl (C=O) groups excluding carboxylic acids is 2. The minimum absolute atomic E-state index is 0.0686. The topological polar surface area (TPSA) is 115 Å². The van der Waals surface area contributed by atoms with Crippen LogP contribution in [0.3, 0.4) is 0 Å². The minimum Gasteiger partial charge on any atom is -0.453 e. The lowest BCUT2D eigenvalue weighted by Gasteiger charge is -2.58. The minimum atomic E-state index is -0.652. The molecule has 1 aromatic rings. The van der Waals surface area contributed by atoms with Crippen LogP contribution in [0, 0.1) is 17.8 Å². The SMILES string of the molecule is COC(=O)NC(C)(C)/C=C/n1ncc(C(=O)NC2C3CC4CC2CC(OO)(C4)C3)c1C(C)C. The number of rotatable bonds is 7. The van der Waals surface area contributed by atoms with Crippen LogP contribution in [-0.4, -0.2) is 51.3 Å². The second-order valence-corrected chi connectivity index (χ2v) is 10.9. The second kappa shape index (κ2) is 8.76. The van der Waals surface area contributed by atoms with Gasteiger partial charge in [0.15, 0.2) is 0 Å². The number of amides is 2. The first kappa shape index (κ1) is 23.8. The van der Waals surface area contributed by atoms with Crippen molar-refractivity contribution in [2.45, 2.75) is 82.9 Å². The van der Waals surface area contributed by atoms with E-state index in [1.54, 1.807) is 17.1 Å². The average molecular weight is 461 g/mol. The predicted octanol–water partition coefficient (Wildman–Crippen LogP) is 3.78. The molecule has 1 aromatic heterocycles. The molecule has 0 spiro atoms. The van der Waals surface area contributed by atoms with Crippen LogP contribution in [-0.2, 0) is 9.62 Å². The molecular weight excluding hydrogens is 424 g/mol. The molecule has 9 heteroatoms. The predicted molar refractivity (Wildman–Crippen MR) is 123 cm³/mol. The van der Waals surface area contributed by atoms with Gasteiger partial charge in [0.2, 0.25) is 0 Å². The van der Waals surface area contributed by atoms with E-state index >= 15 is 0 Å². The summed E-state index contributed by atoms with van der Waals surface area (Å²) in [7, 11) is 1.32. The molecular formula is C24H36N4O5. The Kier molecular flexibility index (Phi) is 6.30. The molecule has 182 valence electrons. The first-order valence-electron chi connectivity index (χ1n) is 11.8. The van der Waals surface area contributed by atoms with Gasteiger partial charge in [0.25, 0.3) is 5.91 Å². The summed E-state index contributed by atoms with van der Waals surface area (Å²) >= 11 is 0. The Balaban J connectivity index is 1.50. The summed E-state index contributed by atoms with van der Waals surface area (Å²) in [6.07, 6.45) is 9.36. The number of ether oxygens (including phenoxy) is 1. The monoisotopic (exact) mass is 460 g/mol. The maximum absolute atomic E-state index is 13.4. The van der Waals surface area contributed by atoms with Gasteiger partial charge in [-0.15, -0.1) is 0 Å². The summed E-state index contributed by atoms with van der Waals surface area (Å²) in [5.74, 6) is 1.19. The maximum Gasteiger partial charge on any atom is 0.407 e. The highest BCUT2D eigenvalue weighted by Gasteiger charge is 2.57. The fraction of sp³-hybridized carbons (Fsp3) is 0.708. The zero-order valence-corrected chi connectivity index (χ0v) is 20.1. The van der Waals surface area contributed by atoms with Gasteiger partial charge >= 0.3 is 6.09 Å². The molecule has 0 saturated heterocycles. The normalized spacial score (nSPS) is 30.8. The highest BCUT2D eigenvalue weighted by atomic mass is 17.1. The van der Waals surface area contributed by atoms with Crippen molar-refractivity contribution in [3.63, 3.8) is 0 Å². The van der Waals surface area contributed by atoms with Crippen molar-refractivity contribution in [3.05, 3.63) is 23.5 Å². The smallest absolute Gasteiger partial charge is 0.407 e. The van der Waals surface area contributed by atoms with Crippen LogP contribution < -0.4 is 10.6 Å². The van der Waals surface area contributed by atoms with Gasteiger partial charge in [-0.2, -0.15) is 5.10 Å². The molecule has 4 aliphatic rings. The summed E-state index contributed by atoms with van der Waals surface area (Å²) in [5.41, 5.74) is 0.314. The van der Waals surface area contributed by atoms with Gasteiger partial charge < -0.3 is 15.4 Å². The number of hydrogen-bond donors (Lipinski definition) is 3. The van der Waals surface area contributed by atoms with Gasteiger partial charge in [-0.05, 0) is 75.7 Å².